The van der Waals surface area contributed by atoms with E-state index in [1.807, 2.05) is 18.3 Å². The van der Waals surface area contributed by atoms with Crippen LogP contribution in [0.25, 0.3) is 0 Å². The molecule has 0 saturated carbocycles. The van der Waals surface area contributed by atoms with Crippen LogP contribution in [0.4, 0.5) is 0 Å². The van der Waals surface area contributed by atoms with Crippen LogP contribution in [0.1, 0.15) is 71.3 Å². The zero-order chi connectivity index (χ0) is 27.3. The number of nitrogens with one attached hydrogen (secondary N) is 1. The van der Waals surface area contributed by atoms with Gasteiger partial charge in [0.2, 0.25) is 0 Å². The Hall–Kier alpha value is -2.61. The maximum Gasteiger partial charge on any atom is 0.176 e. The summed E-state index contributed by atoms with van der Waals surface area (Å²) in [5.41, 5.74) is 2.23. The summed E-state index contributed by atoms with van der Waals surface area (Å²) in [6, 6.07) is 6.63. The van der Waals surface area contributed by atoms with Gasteiger partial charge in [-0.3, -0.25) is 0 Å². The van der Waals surface area contributed by atoms with Crippen molar-refractivity contribution in [1.82, 2.24) is 5.32 Å². The molecule has 2 aliphatic rings. The predicted molar refractivity (Wildman–Crippen MR) is 152 cm³/mol. The van der Waals surface area contributed by atoms with Gasteiger partial charge < -0.3 is 30.1 Å². The van der Waals surface area contributed by atoms with Crippen molar-refractivity contribution >= 4 is 6.21 Å². The normalized spacial score (nSPS) is 19.0. The average molecular weight is 527 g/mol. The molecule has 0 fully saturated rings. The van der Waals surface area contributed by atoms with E-state index < -0.39 is 6.10 Å². The molecule has 0 radical (unpaired) electrons. The Labute approximate surface area is 228 Å². The topological polar surface area (TPSA) is 104 Å². The molecule has 1 aromatic rings. The van der Waals surface area contributed by atoms with E-state index in [0.717, 1.165) is 48.6 Å². The van der Waals surface area contributed by atoms with Gasteiger partial charge in [0.25, 0.3) is 0 Å². The first-order valence-corrected chi connectivity index (χ1v) is 14.2. The quantitative estimate of drug-likeness (QED) is 0.199. The number of phenols is 1. The summed E-state index contributed by atoms with van der Waals surface area (Å²) in [5, 5.41) is 32.6. The molecule has 38 heavy (non-hydrogen) atoms. The number of aliphatic hydroxyl groups is 2. The molecule has 1 aromatic carbocycles. The van der Waals surface area contributed by atoms with Crippen LogP contribution in [-0.4, -0.2) is 59.5 Å². The Balaban J connectivity index is 1.45. The number of aromatic hydroxyl groups is 1. The third-order valence-corrected chi connectivity index (χ3v) is 7.13. The number of aliphatic imine (C=N–C) groups is 1. The molecule has 0 aliphatic carbocycles. The second-order valence-electron chi connectivity index (χ2n) is 10.4. The standard InChI is InChI=1S/C31H46N2O5/c1-4-5-7-27-12-13-28(38-27)11-9-24-10-14-30(36)31(18-24)37-17-15-26-19-25(21-32-26)23(3)29(8-6-16-34)33-20-22(2)35/h10,12-14,18-19,21-23,27,29,33-36H,4-9,11,15-17,20H2,1-3H3/t22-,23-,27?,29-/m0/s1. The number of allylic oxidation sites excluding steroid dienone is 1. The van der Waals surface area contributed by atoms with Gasteiger partial charge >= 0.3 is 0 Å². The maximum absolute atomic E-state index is 10.3. The van der Waals surface area contributed by atoms with Crippen LogP contribution in [0.5, 0.6) is 11.5 Å². The number of aliphatic hydroxyl groups excluding tert-OH is 2. The lowest BCUT2D eigenvalue weighted by molar-refractivity contribution is 0.147. The SMILES string of the molecule is CCCCC1[CH-]C=C(CCc2ccc(O)c(OCC[C+]3C=C([C@H](C)[C@H](CCCO)NC[C@H](C)O)C=N3)c2)O1. The minimum Gasteiger partial charge on any atom is -0.592 e. The third kappa shape index (κ3) is 9.61. The molecule has 7 nitrogen and oxygen atoms in total. The van der Waals surface area contributed by atoms with Gasteiger partial charge in [-0.1, -0.05) is 38.0 Å². The van der Waals surface area contributed by atoms with Gasteiger partial charge in [0, 0.05) is 25.3 Å². The van der Waals surface area contributed by atoms with Crippen LogP contribution in [0.3, 0.4) is 0 Å². The second-order valence-corrected chi connectivity index (χ2v) is 10.4. The van der Waals surface area contributed by atoms with Crippen molar-refractivity contribution in [2.45, 2.75) is 90.4 Å². The number of hydrogen-bond acceptors (Lipinski definition) is 7. The zero-order valence-electron chi connectivity index (χ0n) is 23.2. The molecule has 1 unspecified atom stereocenters. The molecule has 7 heteroatoms. The first kappa shape index (κ1) is 29.9. The summed E-state index contributed by atoms with van der Waals surface area (Å²) < 4.78 is 12.0. The minimum absolute atomic E-state index is 0.138. The number of nitrogens with zero attached hydrogens (tertiary/aromatic N) is 1. The minimum atomic E-state index is -0.422. The van der Waals surface area contributed by atoms with E-state index in [1.54, 1.807) is 13.0 Å². The predicted octanol–water partition coefficient (Wildman–Crippen LogP) is 5.06. The van der Waals surface area contributed by atoms with Crippen LogP contribution in [-0.2, 0) is 11.2 Å². The van der Waals surface area contributed by atoms with Crippen LogP contribution in [0, 0.1) is 18.4 Å². The van der Waals surface area contributed by atoms with E-state index in [0.29, 0.717) is 31.7 Å². The van der Waals surface area contributed by atoms with E-state index in [1.165, 1.54) is 12.8 Å². The summed E-state index contributed by atoms with van der Waals surface area (Å²) in [5.74, 6) is 1.84. The fourth-order valence-corrected chi connectivity index (χ4v) is 4.76. The Morgan fingerprint density at radius 3 is 2.84 bits per heavy atom. The highest BCUT2D eigenvalue weighted by atomic mass is 16.5. The number of rotatable bonds is 18. The average Bonchev–Trinajstić information content (AvgIpc) is 3.57. The van der Waals surface area contributed by atoms with Crippen molar-refractivity contribution in [3.05, 3.63) is 59.7 Å². The van der Waals surface area contributed by atoms with E-state index in [9.17, 15) is 15.3 Å². The molecule has 3 rings (SSSR count). The summed E-state index contributed by atoms with van der Waals surface area (Å²) in [6.45, 7) is 7.19. The van der Waals surface area contributed by atoms with Crippen LogP contribution in [0.15, 0.2) is 46.7 Å². The molecular weight excluding hydrogens is 480 g/mol. The fraction of sp³-hybridized carbons (Fsp3) is 0.581. The molecular formula is C31H46N2O5. The maximum atomic E-state index is 10.3. The smallest absolute Gasteiger partial charge is 0.176 e. The number of benzene rings is 1. The van der Waals surface area contributed by atoms with Gasteiger partial charge in [-0.25, -0.2) is 0 Å². The molecule has 0 saturated heterocycles. The Morgan fingerprint density at radius 2 is 2.08 bits per heavy atom. The molecule has 0 spiro atoms. The monoisotopic (exact) mass is 526 g/mol. The number of aryl methyl sites for hydroxylation is 1. The van der Waals surface area contributed by atoms with Gasteiger partial charge in [-0.15, -0.1) is 4.99 Å². The summed E-state index contributed by atoms with van der Waals surface area (Å²) >= 11 is 0. The van der Waals surface area contributed by atoms with Crippen molar-refractivity contribution in [3.8, 4) is 11.5 Å². The number of unbranched alkanes of at least 4 members (excludes halogenated alkanes) is 1. The zero-order valence-corrected chi connectivity index (χ0v) is 23.2. The Morgan fingerprint density at radius 1 is 1.24 bits per heavy atom. The van der Waals surface area contributed by atoms with E-state index in [4.69, 9.17) is 9.47 Å². The Bertz CT molecular complexity index is 942. The summed E-state index contributed by atoms with van der Waals surface area (Å²) in [6.07, 6.45) is 15.3. The van der Waals surface area contributed by atoms with Gasteiger partial charge in [0.1, 0.15) is 12.2 Å². The van der Waals surface area contributed by atoms with Gasteiger partial charge in [0.05, 0.1) is 24.5 Å². The molecule has 210 valence electrons. The molecule has 2 aliphatic heterocycles. The largest absolute Gasteiger partial charge is 0.592 e. The highest BCUT2D eigenvalue weighted by Gasteiger charge is 2.30. The first-order valence-electron chi connectivity index (χ1n) is 14.2. The van der Waals surface area contributed by atoms with E-state index >= 15 is 0 Å². The first-order chi connectivity index (χ1) is 18.4. The van der Waals surface area contributed by atoms with Crippen molar-refractivity contribution in [1.29, 1.82) is 0 Å². The van der Waals surface area contributed by atoms with Crippen LogP contribution in [0.2, 0.25) is 0 Å². The molecule has 0 bridgehead atoms. The molecule has 0 amide bonds. The lowest BCUT2D eigenvalue weighted by atomic mass is 9.90. The molecule has 4 atom stereocenters. The summed E-state index contributed by atoms with van der Waals surface area (Å²) in [7, 11) is 0. The number of ether oxygens (including phenoxy) is 2. The van der Waals surface area contributed by atoms with Crippen molar-refractivity contribution in [2.75, 3.05) is 19.8 Å². The second kappa shape index (κ2) is 15.7. The fourth-order valence-electron chi connectivity index (χ4n) is 4.76. The Kier molecular flexibility index (Phi) is 12.4. The highest BCUT2D eigenvalue weighted by molar-refractivity contribution is 5.83. The molecule has 2 heterocycles. The number of hydrogen-bond donors (Lipinski definition) is 4. The van der Waals surface area contributed by atoms with Crippen LogP contribution >= 0.6 is 0 Å². The van der Waals surface area contributed by atoms with Crippen molar-refractivity contribution in [3.63, 3.8) is 0 Å². The van der Waals surface area contributed by atoms with Crippen molar-refractivity contribution in [2.24, 2.45) is 10.9 Å². The lowest BCUT2D eigenvalue weighted by Gasteiger charge is -2.23. The van der Waals surface area contributed by atoms with E-state index in [2.05, 4.69) is 42.7 Å². The lowest BCUT2D eigenvalue weighted by Crippen LogP contribution is -2.39. The highest BCUT2D eigenvalue weighted by Crippen LogP contribution is 2.31. The van der Waals surface area contributed by atoms with Crippen molar-refractivity contribution < 1.29 is 24.8 Å². The third-order valence-electron chi connectivity index (χ3n) is 7.13. The van der Waals surface area contributed by atoms with Crippen LogP contribution < -0.4 is 10.1 Å². The van der Waals surface area contributed by atoms with Gasteiger partial charge in [-0.2, -0.15) is 12.5 Å². The van der Waals surface area contributed by atoms with E-state index in [-0.39, 0.29) is 30.4 Å². The van der Waals surface area contributed by atoms with Gasteiger partial charge in [0.15, 0.2) is 23.8 Å². The molecule has 4 N–H and O–H groups in total. The number of phenolic OH excluding ortho intramolecular Hbond substituents is 1. The summed E-state index contributed by atoms with van der Waals surface area (Å²) in [4.78, 5) is 4.57. The molecule has 0 aromatic heterocycles. The van der Waals surface area contributed by atoms with Gasteiger partial charge in [-0.05, 0) is 57.2 Å².